The quantitative estimate of drug-likeness (QED) is 0.838. The van der Waals surface area contributed by atoms with Gasteiger partial charge >= 0.3 is 6.03 Å². The van der Waals surface area contributed by atoms with E-state index < -0.39 is 0 Å². The zero-order valence-corrected chi connectivity index (χ0v) is 16.3. The number of nitrogens with zero attached hydrogens (tertiary/aromatic N) is 3. The molecule has 4 rings (SSSR count). The molecule has 28 heavy (non-hydrogen) atoms. The molecule has 0 radical (unpaired) electrons. The maximum Gasteiger partial charge on any atom is 0.322 e. The molecule has 0 aliphatic carbocycles. The van der Waals surface area contributed by atoms with Gasteiger partial charge in [-0.2, -0.15) is 0 Å². The summed E-state index contributed by atoms with van der Waals surface area (Å²) in [5.74, 6) is 0.759. The molecule has 2 amide bonds. The average Bonchev–Trinajstić information content (AvgIpc) is 2.74. The Balaban J connectivity index is 1.54. The Bertz CT molecular complexity index is 859. The highest BCUT2D eigenvalue weighted by Crippen LogP contribution is 2.36. The predicted octanol–water partition coefficient (Wildman–Crippen LogP) is 3.46. The molecule has 146 valence electrons. The normalized spacial score (nSPS) is 17.8. The van der Waals surface area contributed by atoms with E-state index in [0.717, 1.165) is 55.1 Å². The SMILES string of the molecule is C=Cc1c(NC)ncc2c1N(C1CCN(Cc3ccccc3)CC1)C(=O)NC2. The standard InChI is InChI=1S/C22H27N5O/c1-3-19-20-17(13-24-21(19)23-2)14-25-22(28)27(20)18-9-11-26(12-10-18)15-16-7-5-4-6-8-16/h3-8,13,18H,1,9-12,14-15H2,2H3,(H,23,24)(H,25,28). The van der Waals surface area contributed by atoms with Crippen molar-refractivity contribution in [2.75, 3.05) is 30.4 Å². The molecule has 0 spiro atoms. The second-order valence-electron chi connectivity index (χ2n) is 7.37. The summed E-state index contributed by atoms with van der Waals surface area (Å²) < 4.78 is 0. The molecular weight excluding hydrogens is 350 g/mol. The van der Waals surface area contributed by atoms with Crippen LogP contribution in [0.4, 0.5) is 16.3 Å². The fourth-order valence-corrected chi connectivity index (χ4v) is 4.25. The van der Waals surface area contributed by atoms with Gasteiger partial charge in [-0.1, -0.05) is 43.0 Å². The Morgan fingerprint density at radius 2 is 2.04 bits per heavy atom. The van der Waals surface area contributed by atoms with Crippen LogP contribution in [0.1, 0.15) is 29.5 Å². The molecule has 0 saturated carbocycles. The minimum absolute atomic E-state index is 0.0228. The van der Waals surface area contributed by atoms with E-state index >= 15 is 0 Å². The van der Waals surface area contributed by atoms with Crippen molar-refractivity contribution in [2.45, 2.75) is 32.0 Å². The van der Waals surface area contributed by atoms with Crippen LogP contribution in [-0.4, -0.2) is 42.1 Å². The third kappa shape index (κ3) is 3.47. The van der Waals surface area contributed by atoms with Gasteiger partial charge in [0.05, 0.1) is 5.69 Å². The number of piperidine rings is 1. The van der Waals surface area contributed by atoms with E-state index in [9.17, 15) is 4.79 Å². The lowest BCUT2D eigenvalue weighted by molar-refractivity contribution is 0.196. The maximum absolute atomic E-state index is 12.8. The molecule has 6 heteroatoms. The second-order valence-corrected chi connectivity index (χ2v) is 7.37. The number of nitrogens with one attached hydrogen (secondary N) is 2. The fraction of sp³-hybridized carbons (Fsp3) is 0.364. The van der Waals surface area contributed by atoms with Crippen LogP contribution in [0, 0.1) is 0 Å². The third-order valence-corrected chi connectivity index (χ3v) is 5.67. The molecule has 0 unspecified atom stereocenters. The second kappa shape index (κ2) is 8.02. The molecule has 2 aromatic rings. The first-order chi connectivity index (χ1) is 13.7. The molecule has 2 N–H and O–H groups in total. The van der Waals surface area contributed by atoms with E-state index in [2.05, 4.69) is 51.4 Å². The minimum Gasteiger partial charge on any atom is -0.373 e. The van der Waals surface area contributed by atoms with Gasteiger partial charge in [-0.25, -0.2) is 9.78 Å². The molecule has 1 aromatic carbocycles. The Hall–Kier alpha value is -2.86. The van der Waals surface area contributed by atoms with Crippen molar-refractivity contribution in [3.05, 3.63) is 59.8 Å². The number of pyridine rings is 1. The molecular formula is C22H27N5O. The maximum atomic E-state index is 12.8. The highest BCUT2D eigenvalue weighted by atomic mass is 16.2. The van der Waals surface area contributed by atoms with Gasteiger partial charge in [0.15, 0.2) is 0 Å². The van der Waals surface area contributed by atoms with E-state index in [0.29, 0.717) is 6.54 Å². The average molecular weight is 377 g/mol. The van der Waals surface area contributed by atoms with Crippen molar-refractivity contribution in [1.29, 1.82) is 0 Å². The Morgan fingerprint density at radius 1 is 1.29 bits per heavy atom. The van der Waals surface area contributed by atoms with Crippen molar-refractivity contribution in [3.63, 3.8) is 0 Å². The Morgan fingerprint density at radius 3 is 2.71 bits per heavy atom. The lowest BCUT2D eigenvalue weighted by atomic mass is 9.98. The summed E-state index contributed by atoms with van der Waals surface area (Å²) in [6.07, 6.45) is 5.56. The molecule has 0 bridgehead atoms. The van der Waals surface area contributed by atoms with Gasteiger partial charge in [-0.05, 0) is 18.4 Å². The number of benzene rings is 1. The Labute approximate surface area is 166 Å². The Kier molecular flexibility index (Phi) is 5.30. The number of fused-ring (bicyclic) bond motifs is 1. The summed E-state index contributed by atoms with van der Waals surface area (Å²) in [4.78, 5) is 21.7. The molecule has 2 aliphatic heterocycles. The van der Waals surface area contributed by atoms with E-state index in [1.54, 1.807) is 6.08 Å². The number of likely N-dealkylation sites (tertiary alicyclic amines) is 1. The third-order valence-electron chi connectivity index (χ3n) is 5.67. The van der Waals surface area contributed by atoms with Crippen LogP contribution < -0.4 is 15.5 Å². The first kappa shape index (κ1) is 18.5. The van der Waals surface area contributed by atoms with Crippen molar-refractivity contribution in [1.82, 2.24) is 15.2 Å². The molecule has 6 nitrogen and oxygen atoms in total. The van der Waals surface area contributed by atoms with Gasteiger partial charge < -0.3 is 10.6 Å². The zero-order chi connectivity index (χ0) is 19.5. The van der Waals surface area contributed by atoms with Crippen LogP contribution in [0.2, 0.25) is 0 Å². The monoisotopic (exact) mass is 377 g/mol. The van der Waals surface area contributed by atoms with Crippen LogP contribution in [0.5, 0.6) is 0 Å². The van der Waals surface area contributed by atoms with Crippen molar-refractivity contribution < 1.29 is 4.79 Å². The number of urea groups is 1. The van der Waals surface area contributed by atoms with E-state index in [4.69, 9.17) is 0 Å². The number of hydrogen-bond acceptors (Lipinski definition) is 4. The van der Waals surface area contributed by atoms with Crippen molar-refractivity contribution >= 4 is 23.6 Å². The minimum atomic E-state index is -0.0228. The van der Waals surface area contributed by atoms with Crippen molar-refractivity contribution in [2.24, 2.45) is 0 Å². The number of anilines is 2. The molecule has 1 aromatic heterocycles. The number of aromatic nitrogens is 1. The van der Waals surface area contributed by atoms with Gasteiger partial charge in [0, 0.05) is 56.6 Å². The number of hydrogen-bond donors (Lipinski definition) is 2. The first-order valence-electron chi connectivity index (χ1n) is 9.86. The van der Waals surface area contributed by atoms with Gasteiger partial charge in [0.25, 0.3) is 0 Å². The highest BCUT2D eigenvalue weighted by Gasteiger charge is 2.35. The number of carbonyl (C=O) groups is 1. The number of rotatable bonds is 5. The van der Waals surface area contributed by atoms with Crippen LogP contribution in [0.3, 0.4) is 0 Å². The number of amides is 2. The summed E-state index contributed by atoms with van der Waals surface area (Å²) in [5.41, 5.74) is 4.24. The zero-order valence-electron chi connectivity index (χ0n) is 16.3. The van der Waals surface area contributed by atoms with Gasteiger partial charge in [-0.15, -0.1) is 0 Å². The van der Waals surface area contributed by atoms with Crippen LogP contribution in [0.15, 0.2) is 43.1 Å². The largest absolute Gasteiger partial charge is 0.373 e. The van der Waals surface area contributed by atoms with E-state index in [-0.39, 0.29) is 12.1 Å². The molecule has 1 fully saturated rings. The predicted molar refractivity (Wildman–Crippen MR) is 113 cm³/mol. The van der Waals surface area contributed by atoms with Gasteiger partial charge in [-0.3, -0.25) is 9.80 Å². The topological polar surface area (TPSA) is 60.5 Å². The summed E-state index contributed by atoms with van der Waals surface area (Å²) >= 11 is 0. The van der Waals surface area contributed by atoms with Crippen molar-refractivity contribution in [3.8, 4) is 0 Å². The summed E-state index contributed by atoms with van der Waals surface area (Å²) in [6.45, 7) is 7.39. The molecule has 3 heterocycles. The van der Waals surface area contributed by atoms with Gasteiger partial charge in [0.1, 0.15) is 5.82 Å². The lowest BCUT2D eigenvalue weighted by Crippen LogP contribution is -2.53. The summed E-state index contributed by atoms with van der Waals surface area (Å²) in [5, 5.41) is 6.12. The molecule has 2 aliphatic rings. The van der Waals surface area contributed by atoms with Crippen LogP contribution in [0.25, 0.3) is 6.08 Å². The smallest absolute Gasteiger partial charge is 0.322 e. The van der Waals surface area contributed by atoms with E-state index in [1.165, 1.54) is 5.56 Å². The molecule has 1 saturated heterocycles. The summed E-state index contributed by atoms with van der Waals surface area (Å²) in [6, 6.07) is 10.7. The fourth-order valence-electron chi connectivity index (χ4n) is 4.25. The number of carbonyl (C=O) groups excluding carboxylic acids is 1. The lowest BCUT2D eigenvalue weighted by Gasteiger charge is -2.41. The molecule has 0 atom stereocenters. The first-order valence-corrected chi connectivity index (χ1v) is 9.86. The highest BCUT2D eigenvalue weighted by molar-refractivity contribution is 5.99. The van der Waals surface area contributed by atoms with E-state index in [1.807, 2.05) is 24.2 Å². The van der Waals surface area contributed by atoms with Crippen LogP contribution >= 0.6 is 0 Å². The van der Waals surface area contributed by atoms with Crippen LogP contribution in [-0.2, 0) is 13.1 Å². The summed E-state index contributed by atoms with van der Waals surface area (Å²) in [7, 11) is 1.84. The van der Waals surface area contributed by atoms with Gasteiger partial charge in [0.2, 0.25) is 0 Å².